The van der Waals surface area contributed by atoms with Crippen molar-refractivity contribution in [2.75, 3.05) is 6.54 Å². The van der Waals surface area contributed by atoms with Crippen molar-refractivity contribution in [1.29, 1.82) is 0 Å². The second kappa shape index (κ2) is 3.09. The van der Waals surface area contributed by atoms with E-state index in [1.807, 2.05) is 12.1 Å². The van der Waals surface area contributed by atoms with E-state index in [2.05, 4.69) is 13.8 Å². The van der Waals surface area contributed by atoms with Gasteiger partial charge in [-0.05, 0) is 24.1 Å². The Kier molecular flexibility index (Phi) is 2.35. The van der Waals surface area contributed by atoms with Gasteiger partial charge in [0.1, 0.15) is 5.76 Å². The van der Waals surface area contributed by atoms with Crippen LogP contribution in [-0.4, -0.2) is 6.54 Å². The van der Waals surface area contributed by atoms with E-state index in [-0.39, 0.29) is 5.41 Å². The summed E-state index contributed by atoms with van der Waals surface area (Å²) in [6, 6.07) is 3.89. The molecule has 0 fully saturated rings. The highest BCUT2D eigenvalue weighted by Crippen LogP contribution is 2.19. The van der Waals surface area contributed by atoms with Crippen LogP contribution < -0.4 is 5.73 Å². The van der Waals surface area contributed by atoms with Crippen molar-refractivity contribution in [1.82, 2.24) is 0 Å². The molecule has 2 nitrogen and oxygen atoms in total. The molecule has 0 saturated carbocycles. The predicted molar refractivity (Wildman–Crippen MR) is 45.2 cm³/mol. The number of furan rings is 1. The van der Waals surface area contributed by atoms with Gasteiger partial charge in [0.25, 0.3) is 0 Å². The van der Waals surface area contributed by atoms with Crippen molar-refractivity contribution < 1.29 is 4.42 Å². The van der Waals surface area contributed by atoms with E-state index in [0.29, 0.717) is 6.54 Å². The van der Waals surface area contributed by atoms with Crippen LogP contribution in [0.5, 0.6) is 0 Å². The average Bonchev–Trinajstić information content (AvgIpc) is 2.39. The third-order valence-corrected chi connectivity index (χ3v) is 1.79. The van der Waals surface area contributed by atoms with Gasteiger partial charge in [0.05, 0.1) is 6.26 Å². The van der Waals surface area contributed by atoms with Crippen molar-refractivity contribution in [2.24, 2.45) is 11.1 Å². The molecule has 2 N–H and O–H groups in total. The zero-order valence-electron chi connectivity index (χ0n) is 7.13. The van der Waals surface area contributed by atoms with Crippen LogP contribution in [0.3, 0.4) is 0 Å². The maximum atomic E-state index is 5.58. The summed E-state index contributed by atoms with van der Waals surface area (Å²) in [4.78, 5) is 0. The molecule has 62 valence electrons. The van der Waals surface area contributed by atoms with E-state index in [1.54, 1.807) is 6.26 Å². The summed E-state index contributed by atoms with van der Waals surface area (Å²) in [7, 11) is 0. The zero-order chi connectivity index (χ0) is 8.32. The van der Waals surface area contributed by atoms with Crippen LogP contribution in [-0.2, 0) is 6.42 Å². The summed E-state index contributed by atoms with van der Waals surface area (Å²) < 4.78 is 5.22. The summed E-state index contributed by atoms with van der Waals surface area (Å²) in [6.07, 6.45) is 2.61. The molecule has 0 radical (unpaired) electrons. The molecule has 0 amide bonds. The van der Waals surface area contributed by atoms with Gasteiger partial charge in [0.2, 0.25) is 0 Å². The highest BCUT2D eigenvalue weighted by Gasteiger charge is 2.17. The Bertz CT molecular complexity index is 201. The first-order valence-corrected chi connectivity index (χ1v) is 3.86. The monoisotopic (exact) mass is 153 g/mol. The van der Waals surface area contributed by atoms with Gasteiger partial charge in [0, 0.05) is 6.42 Å². The first kappa shape index (κ1) is 8.34. The number of rotatable bonds is 3. The van der Waals surface area contributed by atoms with Crippen molar-refractivity contribution in [3.8, 4) is 0 Å². The van der Waals surface area contributed by atoms with Crippen LogP contribution in [0.15, 0.2) is 22.8 Å². The Morgan fingerprint density at radius 1 is 1.55 bits per heavy atom. The Morgan fingerprint density at radius 3 is 2.73 bits per heavy atom. The summed E-state index contributed by atoms with van der Waals surface area (Å²) in [6.45, 7) is 4.96. The van der Waals surface area contributed by atoms with Gasteiger partial charge >= 0.3 is 0 Å². The molecule has 0 aliphatic carbocycles. The molecule has 0 spiro atoms. The number of hydrogen-bond acceptors (Lipinski definition) is 2. The Labute approximate surface area is 67.4 Å². The minimum absolute atomic E-state index is 0.151. The fraction of sp³-hybridized carbons (Fsp3) is 0.556. The molecule has 2 heteroatoms. The molecule has 0 aliphatic rings. The zero-order valence-corrected chi connectivity index (χ0v) is 7.13. The minimum Gasteiger partial charge on any atom is -0.469 e. The van der Waals surface area contributed by atoms with Crippen molar-refractivity contribution in [3.63, 3.8) is 0 Å². The lowest BCUT2D eigenvalue weighted by Gasteiger charge is -2.20. The van der Waals surface area contributed by atoms with Crippen LogP contribution in [0, 0.1) is 5.41 Å². The fourth-order valence-corrected chi connectivity index (χ4v) is 0.957. The highest BCUT2D eigenvalue weighted by molar-refractivity contribution is 5.01. The van der Waals surface area contributed by atoms with Gasteiger partial charge in [-0.2, -0.15) is 0 Å². The van der Waals surface area contributed by atoms with E-state index >= 15 is 0 Å². The van der Waals surface area contributed by atoms with E-state index in [1.165, 1.54) is 0 Å². The maximum Gasteiger partial charge on any atom is 0.104 e. The van der Waals surface area contributed by atoms with Gasteiger partial charge in [-0.1, -0.05) is 13.8 Å². The summed E-state index contributed by atoms with van der Waals surface area (Å²) in [5, 5.41) is 0. The van der Waals surface area contributed by atoms with Crippen molar-refractivity contribution >= 4 is 0 Å². The van der Waals surface area contributed by atoms with Crippen molar-refractivity contribution in [3.05, 3.63) is 24.2 Å². The first-order chi connectivity index (χ1) is 5.14. The van der Waals surface area contributed by atoms with Gasteiger partial charge in [0.15, 0.2) is 0 Å². The quantitative estimate of drug-likeness (QED) is 0.719. The molecule has 0 bridgehead atoms. The number of nitrogens with two attached hydrogens (primary N) is 1. The summed E-state index contributed by atoms with van der Waals surface area (Å²) >= 11 is 0. The Hall–Kier alpha value is -0.760. The van der Waals surface area contributed by atoms with Crippen molar-refractivity contribution in [2.45, 2.75) is 20.3 Å². The van der Waals surface area contributed by atoms with Crippen LogP contribution in [0.1, 0.15) is 19.6 Å². The molecular weight excluding hydrogens is 138 g/mol. The van der Waals surface area contributed by atoms with E-state index < -0.39 is 0 Å². The molecule has 11 heavy (non-hydrogen) atoms. The minimum atomic E-state index is 0.151. The highest BCUT2D eigenvalue weighted by atomic mass is 16.3. The summed E-state index contributed by atoms with van der Waals surface area (Å²) in [5.41, 5.74) is 5.73. The standard InChI is InChI=1S/C9H15NO/c1-9(2,7-10)6-8-4-3-5-11-8/h3-5H,6-7,10H2,1-2H3. The molecule has 1 heterocycles. The fourth-order valence-electron chi connectivity index (χ4n) is 0.957. The van der Waals surface area contributed by atoms with Gasteiger partial charge in [-0.25, -0.2) is 0 Å². The molecule has 0 aromatic carbocycles. The second-order valence-corrected chi connectivity index (χ2v) is 3.62. The van der Waals surface area contributed by atoms with Crippen LogP contribution in [0.25, 0.3) is 0 Å². The Morgan fingerprint density at radius 2 is 2.27 bits per heavy atom. The SMILES string of the molecule is CC(C)(CN)Cc1ccco1. The van der Waals surface area contributed by atoms with Gasteiger partial charge in [-0.3, -0.25) is 0 Å². The van der Waals surface area contributed by atoms with Gasteiger partial charge in [-0.15, -0.1) is 0 Å². The van der Waals surface area contributed by atoms with E-state index in [0.717, 1.165) is 12.2 Å². The molecule has 1 rings (SSSR count). The molecule has 1 aromatic rings. The molecular formula is C9H15NO. The Balaban J connectivity index is 2.56. The van der Waals surface area contributed by atoms with Crippen LogP contribution in [0.2, 0.25) is 0 Å². The topological polar surface area (TPSA) is 39.2 Å². The first-order valence-electron chi connectivity index (χ1n) is 3.86. The second-order valence-electron chi connectivity index (χ2n) is 3.62. The smallest absolute Gasteiger partial charge is 0.104 e. The molecule has 0 unspecified atom stereocenters. The average molecular weight is 153 g/mol. The van der Waals surface area contributed by atoms with Crippen LogP contribution in [0.4, 0.5) is 0 Å². The molecule has 0 aliphatic heterocycles. The lowest BCUT2D eigenvalue weighted by Crippen LogP contribution is -2.25. The largest absolute Gasteiger partial charge is 0.469 e. The molecule has 0 atom stereocenters. The normalized spacial score (nSPS) is 11.9. The predicted octanol–water partition coefficient (Wildman–Crippen LogP) is 1.81. The molecule has 0 saturated heterocycles. The number of hydrogen-bond donors (Lipinski definition) is 1. The lowest BCUT2D eigenvalue weighted by molar-refractivity contribution is 0.339. The van der Waals surface area contributed by atoms with E-state index in [4.69, 9.17) is 10.2 Å². The maximum absolute atomic E-state index is 5.58. The third-order valence-electron chi connectivity index (χ3n) is 1.79. The third kappa shape index (κ3) is 2.39. The van der Waals surface area contributed by atoms with Gasteiger partial charge < -0.3 is 10.2 Å². The van der Waals surface area contributed by atoms with Crippen LogP contribution >= 0.6 is 0 Å². The van der Waals surface area contributed by atoms with E-state index in [9.17, 15) is 0 Å². The summed E-state index contributed by atoms with van der Waals surface area (Å²) in [5.74, 6) is 1.01. The lowest BCUT2D eigenvalue weighted by atomic mass is 9.88. The molecule has 1 aromatic heterocycles.